The second-order valence-electron chi connectivity index (χ2n) is 4.84. The van der Waals surface area contributed by atoms with Crippen LogP contribution in [0.2, 0.25) is 0 Å². The van der Waals surface area contributed by atoms with Gasteiger partial charge >= 0.3 is 0 Å². The maximum Gasteiger partial charge on any atom is 0.191 e. The third kappa shape index (κ3) is 4.39. The van der Waals surface area contributed by atoms with Crippen LogP contribution in [-0.2, 0) is 6.42 Å². The number of aromatic nitrogens is 1. The molecule has 2 rings (SSSR count). The molecule has 0 bridgehead atoms. The number of guanidine groups is 1. The molecule has 0 saturated heterocycles. The SMILES string of the molecule is CN=C(NCCc1ccc(C)nc1)NC1CC=CC1. The van der Waals surface area contributed by atoms with Crippen LogP contribution >= 0.6 is 0 Å². The lowest BCUT2D eigenvalue weighted by molar-refractivity contribution is 0.633. The average Bonchev–Trinajstić information content (AvgIpc) is 2.93. The maximum absolute atomic E-state index is 4.30. The Balaban J connectivity index is 1.72. The molecular weight excluding hydrogens is 236 g/mol. The molecule has 1 aromatic heterocycles. The zero-order valence-corrected chi connectivity index (χ0v) is 11.7. The van der Waals surface area contributed by atoms with Crippen LogP contribution in [0.15, 0.2) is 35.5 Å². The van der Waals surface area contributed by atoms with Crippen molar-refractivity contribution in [1.82, 2.24) is 15.6 Å². The van der Waals surface area contributed by atoms with Crippen molar-refractivity contribution in [3.8, 4) is 0 Å². The van der Waals surface area contributed by atoms with Crippen molar-refractivity contribution in [2.45, 2.75) is 32.2 Å². The van der Waals surface area contributed by atoms with Crippen LogP contribution in [-0.4, -0.2) is 30.6 Å². The predicted octanol–water partition coefficient (Wildman–Crippen LogP) is 1.82. The minimum atomic E-state index is 0.493. The lowest BCUT2D eigenvalue weighted by Gasteiger charge is -2.16. The summed E-state index contributed by atoms with van der Waals surface area (Å²) >= 11 is 0. The van der Waals surface area contributed by atoms with Gasteiger partial charge in [-0.2, -0.15) is 0 Å². The summed E-state index contributed by atoms with van der Waals surface area (Å²) in [6, 6.07) is 4.67. The van der Waals surface area contributed by atoms with Crippen molar-refractivity contribution in [2.75, 3.05) is 13.6 Å². The summed E-state index contributed by atoms with van der Waals surface area (Å²) in [6.45, 7) is 2.87. The molecule has 2 N–H and O–H groups in total. The number of hydrogen-bond acceptors (Lipinski definition) is 2. The first kappa shape index (κ1) is 13.6. The molecule has 0 atom stereocenters. The van der Waals surface area contributed by atoms with Crippen molar-refractivity contribution in [2.24, 2.45) is 4.99 Å². The lowest BCUT2D eigenvalue weighted by atomic mass is 10.2. The van der Waals surface area contributed by atoms with Crippen LogP contribution in [0.3, 0.4) is 0 Å². The third-order valence-corrected chi connectivity index (χ3v) is 3.25. The maximum atomic E-state index is 4.30. The molecule has 4 nitrogen and oxygen atoms in total. The largest absolute Gasteiger partial charge is 0.356 e. The summed E-state index contributed by atoms with van der Waals surface area (Å²) in [5.74, 6) is 0.883. The molecule has 0 unspecified atom stereocenters. The standard InChI is InChI=1S/C15H22N4/c1-12-7-8-13(11-18-12)9-10-17-15(16-2)19-14-5-3-4-6-14/h3-4,7-8,11,14H,5-6,9-10H2,1-2H3,(H2,16,17,19). The highest BCUT2D eigenvalue weighted by Crippen LogP contribution is 2.08. The van der Waals surface area contributed by atoms with Crippen molar-refractivity contribution >= 4 is 5.96 Å². The normalized spacial score (nSPS) is 15.8. The van der Waals surface area contributed by atoms with Crippen LogP contribution < -0.4 is 10.6 Å². The van der Waals surface area contributed by atoms with Gasteiger partial charge in [0.1, 0.15) is 0 Å². The van der Waals surface area contributed by atoms with Gasteiger partial charge in [0, 0.05) is 31.5 Å². The Morgan fingerprint density at radius 3 is 2.79 bits per heavy atom. The predicted molar refractivity (Wildman–Crippen MR) is 79.3 cm³/mol. The number of nitrogens with zero attached hydrogens (tertiary/aromatic N) is 2. The van der Waals surface area contributed by atoms with E-state index in [0.717, 1.165) is 37.5 Å². The fourth-order valence-electron chi connectivity index (χ4n) is 2.09. The molecule has 102 valence electrons. The third-order valence-electron chi connectivity index (χ3n) is 3.25. The van der Waals surface area contributed by atoms with E-state index >= 15 is 0 Å². The Morgan fingerprint density at radius 2 is 2.16 bits per heavy atom. The summed E-state index contributed by atoms with van der Waals surface area (Å²) in [5.41, 5.74) is 2.30. The number of aliphatic imine (C=N–C) groups is 1. The molecule has 0 aliphatic heterocycles. The van der Waals surface area contributed by atoms with Crippen molar-refractivity contribution in [3.63, 3.8) is 0 Å². The Bertz CT molecular complexity index is 440. The summed E-state index contributed by atoms with van der Waals surface area (Å²) < 4.78 is 0. The molecule has 0 aromatic carbocycles. The Labute approximate surface area is 115 Å². The van der Waals surface area contributed by atoms with E-state index in [2.05, 4.69) is 38.8 Å². The van der Waals surface area contributed by atoms with Gasteiger partial charge in [-0.1, -0.05) is 18.2 Å². The molecule has 0 spiro atoms. The van der Waals surface area contributed by atoms with Gasteiger partial charge in [0.25, 0.3) is 0 Å². The molecule has 0 amide bonds. The summed E-state index contributed by atoms with van der Waals surface area (Å²) in [5, 5.41) is 6.76. The number of nitrogens with one attached hydrogen (secondary N) is 2. The van der Waals surface area contributed by atoms with E-state index in [0.29, 0.717) is 6.04 Å². The summed E-state index contributed by atoms with van der Waals surface area (Å²) in [7, 11) is 1.81. The van der Waals surface area contributed by atoms with Crippen LogP contribution in [0.1, 0.15) is 24.1 Å². The molecule has 1 heterocycles. The van der Waals surface area contributed by atoms with Crippen molar-refractivity contribution in [1.29, 1.82) is 0 Å². The quantitative estimate of drug-likeness (QED) is 0.492. The Hall–Kier alpha value is -1.84. The first-order chi connectivity index (χ1) is 9.28. The first-order valence-electron chi connectivity index (χ1n) is 6.81. The highest BCUT2D eigenvalue weighted by molar-refractivity contribution is 5.80. The van der Waals surface area contributed by atoms with Gasteiger partial charge in [0.05, 0.1) is 0 Å². The molecular formula is C15H22N4. The van der Waals surface area contributed by atoms with Gasteiger partial charge in [-0.25, -0.2) is 0 Å². The van der Waals surface area contributed by atoms with Gasteiger partial charge < -0.3 is 10.6 Å². The van der Waals surface area contributed by atoms with E-state index in [9.17, 15) is 0 Å². The van der Waals surface area contributed by atoms with Crippen LogP contribution in [0.25, 0.3) is 0 Å². The van der Waals surface area contributed by atoms with Gasteiger partial charge in [-0.3, -0.25) is 9.98 Å². The molecule has 0 saturated carbocycles. The topological polar surface area (TPSA) is 49.3 Å². The van der Waals surface area contributed by atoms with E-state index in [-0.39, 0.29) is 0 Å². The molecule has 19 heavy (non-hydrogen) atoms. The molecule has 1 aliphatic carbocycles. The zero-order valence-electron chi connectivity index (χ0n) is 11.7. The van der Waals surface area contributed by atoms with Gasteiger partial charge in [0.15, 0.2) is 5.96 Å². The molecule has 1 aromatic rings. The molecule has 1 aliphatic rings. The molecule has 0 radical (unpaired) electrons. The van der Waals surface area contributed by atoms with Crippen LogP contribution in [0.4, 0.5) is 0 Å². The summed E-state index contributed by atoms with van der Waals surface area (Å²) in [4.78, 5) is 8.55. The Morgan fingerprint density at radius 1 is 1.37 bits per heavy atom. The first-order valence-corrected chi connectivity index (χ1v) is 6.81. The zero-order chi connectivity index (χ0) is 13.5. The highest BCUT2D eigenvalue weighted by Gasteiger charge is 2.11. The van der Waals surface area contributed by atoms with Crippen molar-refractivity contribution in [3.05, 3.63) is 41.7 Å². The minimum Gasteiger partial charge on any atom is -0.356 e. The fraction of sp³-hybridized carbons (Fsp3) is 0.467. The number of pyridine rings is 1. The van der Waals surface area contributed by atoms with Crippen molar-refractivity contribution < 1.29 is 0 Å². The number of hydrogen-bond donors (Lipinski definition) is 2. The van der Waals surface area contributed by atoms with Gasteiger partial charge in [-0.15, -0.1) is 0 Å². The number of rotatable bonds is 4. The van der Waals surface area contributed by atoms with E-state index in [1.54, 1.807) is 0 Å². The summed E-state index contributed by atoms with van der Waals surface area (Å²) in [6.07, 6.45) is 9.49. The Kier molecular flexibility index (Phi) is 4.95. The second kappa shape index (κ2) is 6.92. The van der Waals surface area contributed by atoms with Gasteiger partial charge in [0.2, 0.25) is 0 Å². The fourth-order valence-corrected chi connectivity index (χ4v) is 2.09. The minimum absolute atomic E-state index is 0.493. The smallest absolute Gasteiger partial charge is 0.191 e. The van der Waals surface area contributed by atoms with Gasteiger partial charge in [-0.05, 0) is 37.8 Å². The number of aryl methyl sites for hydroxylation is 1. The van der Waals surface area contributed by atoms with E-state index < -0.39 is 0 Å². The van der Waals surface area contributed by atoms with Crippen LogP contribution in [0.5, 0.6) is 0 Å². The monoisotopic (exact) mass is 258 g/mol. The van der Waals surface area contributed by atoms with Crippen LogP contribution in [0, 0.1) is 6.92 Å². The van der Waals surface area contributed by atoms with E-state index in [4.69, 9.17) is 0 Å². The average molecular weight is 258 g/mol. The second-order valence-corrected chi connectivity index (χ2v) is 4.84. The molecule has 0 fully saturated rings. The highest BCUT2D eigenvalue weighted by atomic mass is 15.2. The molecule has 4 heteroatoms. The van der Waals surface area contributed by atoms with E-state index in [1.165, 1.54) is 5.56 Å². The van der Waals surface area contributed by atoms with E-state index in [1.807, 2.05) is 26.2 Å². The lowest BCUT2D eigenvalue weighted by Crippen LogP contribution is -2.43.